The lowest BCUT2D eigenvalue weighted by Crippen LogP contribution is -2.07. The first kappa shape index (κ1) is 12.1. The van der Waals surface area contributed by atoms with Crippen LogP contribution in [0.1, 0.15) is 24.1 Å². The number of aromatic nitrogens is 2. The van der Waals surface area contributed by atoms with Gasteiger partial charge >= 0.3 is 0 Å². The van der Waals surface area contributed by atoms with E-state index in [9.17, 15) is 10.1 Å². The maximum absolute atomic E-state index is 11.0. The minimum absolute atomic E-state index is 0.0508. The molecule has 2 aromatic rings. The number of aromatic amines is 1. The van der Waals surface area contributed by atoms with E-state index in [0.717, 1.165) is 11.1 Å². The zero-order valence-corrected chi connectivity index (χ0v) is 10.2. The average Bonchev–Trinajstić information content (AvgIpc) is 2.84. The molecule has 6 nitrogen and oxygen atoms in total. The van der Waals surface area contributed by atoms with E-state index in [4.69, 9.17) is 0 Å². The highest BCUT2D eigenvalue weighted by Crippen LogP contribution is 2.28. The van der Waals surface area contributed by atoms with Crippen molar-refractivity contribution < 1.29 is 4.92 Å². The van der Waals surface area contributed by atoms with Crippen LogP contribution in [0.4, 0.5) is 11.4 Å². The van der Waals surface area contributed by atoms with Crippen molar-refractivity contribution in [2.45, 2.75) is 19.9 Å². The summed E-state index contributed by atoms with van der Waals surface area (Å²) >= 11 is 0. The van der Waals surface area contributed by atoms with Crippen molar-refractivity contribution in [3.63, 3.8) is 0 Å². The van der Waals surface area contributed by atoms with Crippen molar-refractivity contribution in [3.05, 3.63) is 51.8 Å². The predicted octanol–water partition coefficient (Wildman–Crippen LogP) is 2.80. The molecule has 2 N–H and O–H groups in total. The summed E-state index contributed by atoms with van der Waals surface area (Å²) < 4.78 is 0. The van der Waals surface area contributed by atoms with Gasteiger partial charge in [-0.25, -0.2) is 0 Å². The Morgan fingerprint density at radius 2 is 2.28 bits per heavy atom. The second-order valence-corrected chi connectivity index (χ2v) is 4.18. The fraction of sp³-hybridized carbons (Fsp3) is 0.250. The number of nitro groups is 1. The van der Waals surface area contributed by atoms with E-state index in [2.05, 4.69) is 15.5 Å². The third-order valence-electron chi connectivity index (χ3n) is 2.74. The maximum Gasteiger partial charge on any atom is 0.292 e. The Morgan fingerprint density at radius 1 is 1.50 bits per heavy atom. The van der Waals surface area contributed by atoms with Gasteiger partial charge in [-0.3, -0.25) is 15.2 Å². The Balaban J connectivity index is 2.26. The van der Waals surface area contributed by atoms with E-state index in [1.165, 1.54) is 0 Å². The van der Waals surface area contributed by atoms with Crippen molar-refractivity contribution in [1.29, 1.82) is 0 Å². The van der Waals surface area contributed by atoms with Crippen LogP contribution in [0.25, 0.3) is 0 Å². The molecule has 18 heavy (non-hydrogen) atoms. The lowest BCUT2D eigenvalue weighted by atomic mass is 10.1. The van der Waals surface area contributed by atoms with Gasteiger partial charge in [0.1, 0.15) is 5.69 Å². The molecule has 0 aliphatic rings. The minimum Gasteiger partial charge on any atom is -0.373 e. The molecule has 0 saturated heterocycles. The van der Waals surface area contributed by atoms with Crippen LogP contribution >= 0.6 is 0 Å². The summed E-state index contributed by atoms with van der Waals surface area (Å²) in [7, 11) is 0. The first-order valence-electron chi connectivity index (χ1n) is 5.58. The molecule has 1 aromatic heterocycles. The second-order valence-electron chi connectivity index (χ2n) is 4.18. The number of nitro benzene ring substituents is 1. The van der Waals surface area contributed by atoms with Gasteiger partial charge in [0.15, 0.2) is 0 Å². The number of hydrogen-bond donors (Lipinski definition) is 2. The molecule has 0 amide bonds. The zero-order chi connectivity index (χ0) is 13.1. The van der Waals surface area contributed by atoms with Gasteiger partial charge in [0.2, 0.25) is 0 Å². The smallest absolute Gasteiger partial charge is 0.292 e. The first-order valence-corrected chi connectivity index (χ1v) is 5.58. The molecule has 0 saturated carbocycles. The Bertz CT molecular complexity index is 551. The van der Waals surface area contributed by atoms with Gasteiger partial charge in [0.25, 0.3) is 5.69 Å². The summed E-state index contributed by atoms with van der Waals surface area (Å²) in [6, 6.07) is 5.08. The van der Waals surface area contributed by atoms with Gasteiger partial charge in [-0.05, 0) is 25.5 Å². The normalized spacial score (nSPS) is 12.1. The summed E-state index contributed by atoms with van der Waals surface area (Å²) in [5.74, 6) is 0. The molecule has 0 aliphatic carbocycles. The van der Waals surface area contributed by atoms with Gasteiger partial charge in [-0.2, -0.15) is 5.10 Å². The molecule has 1 aromatic carbocycles. The number of nitrogens with one attached hydrogen (secondary N) is 2. The average molecular weight is 246 g/mol. The Kier molecular flexibility index (Phi) is 3.27. The summed E-state index contributed by atoms with van der Waals surface area (Å²) in [4.78, 5) is 10.6. The molecule has 0 radical (unpaired) electrons. The van der Waals surface area contributed by atoms with Gasteiger partial charge in [-0.15, -0.1) is 0 Å². The molecule has 0 spiro atoms. The third-order valence-corrected chi connectivity index (χ3v) is 2.74. The van der Waals surface area contributed by atoms with E-state index in [1.807, 2.05) is 19.9 Å². The molecule has 0 bridgehead atoms. The van der Waals surface area contributed by atoms with Crippen LogP contribution < -0.4 is 5.32 Å². The summed E-state index contributed by atoms with van der Waals surface area (Å²) in [5, 5.41) is 20.7. The first-order chi connectivity index (χ1) is 8.58. The molecule has 0 fully saturated rings. The van der Waals surface area contributed by atoms with Gasteiger partial charge < -0.3 is 5.32 Å². The zero-order valence-electron chi connectivity index (χ0n) is 10.2. The SMILES string of the molecule is Cc1ccc(NC(C)c2cn[nH]c2)c([N+](=O)[O-])c1. The summed E-state index contributed by atoms with van der Waals surface area (Å²) in [6.07, 6.45) is 3.45. The van der Waals surface area contributed by atoms with Crippen LogP contribution in [0.3, 0.4) is 0 Å². The lowest BCUT2D eigenvalue weighted by molar-refractivity contribution is -0.384. The number of rotatable bonds is 4. The molecular formula is C12H14N4O2. The standard InChI is InChI=1S/C12H14N4O2/c1-8-3-4-11(12(5-8)16(17)18)15-9(2)10-6-13-14-7-10/h3-7,9,15H,1-2H3,(H,13,14). The quantitative estimate of drug-likeness (QED) is 0.641. The van der Waals surface area contributed by atoms with Crippen LogP contribution in [-0.2, 0) is 0 Å². The van der Waals surface area contributed by atoms with E-state index in [-0.39, 0.29) is 16.7 Å². The molecule has 94 valence electrons. The van der Waals surface area contributed by atoms with Crippen molar-refractivity contribution >= 4 is 11.4 Å². The number of anilines is 1. The highest BCUT2D eigenvalue weighted by atomic mass is 16.6. The van der Waals surface area contributed by atoms with E-state index in [1.54, 1.807) is 24.5 Å². The molecule has 1 atom stereocenters. The molecule has 1 heterocycles. The second kappa shape index (κ2) is 4.87. The summed E-state index contributed by atoms with van der Waals surface area (Å²) in [6.45, 7) is 3.75. The van der Waals surface area contributed by atoms with E-state index >= 15 is 0 Å². The van der Waals surface area contributed by atoms with Crippen molar-refractivity contribution in [1.82, 2.24) is 10.2 Å². The largest absolute Gasteiger partial charge is 0.373 e. The fourth-order valence-corrected chi connectivity index (χ4v) is 1.73. The maximum atomic E-state index is 11.0. The predicted molar refractivity (Wildman–Crippen MR) is 68.5 cm³/mol. The monoisotopic (exact) mass is 246 g/mol. The number of benzene rings is 1. The number of hydrogen-bond acceptors (Lipinski definition) is 4. The number of aryl methyl sites for hydroxylation is 1. The van der Waals surface area contributed by atoms with Crippen LogP contribution in [0.15, 0.2) is 30.6 Å². The highest BCUT2D eigenvalue weighted by molar-refractivity contribution is 5.63. The van der Waals surface area contributed by atoms with Gasteiger partial charge in [0, 0.05) is 17.8 Å². The Labute approximate surface area is 104 Å². The molecule has 1 unspecified atom stereocenters. The Morgan fingerprint density at radius 3 is 2.89 bits per heavy atom. The molecular weight excluding hydrogens is 232 g/mol. The van der Waals surface area contributed by atoms with E-state index in [0.29, 0.717) is 5.69 Å². The van der Waals surface area contributed by atoms with Crippen LogP contribution in [0.2, 0.25) is 0 Å². The van der Waals surface area contributed by atoms with Crippen molar-refractivity contribution in [2.24, 2.45) is 0 Å². The minimum atomic E-state index is -0.378. The van der Waals surface area contributed by atoms with Gasteiger partial charge in [-0.1, -0.05) is 6.07 Å². The number of H-pyrrole nitrogens is 1. The number of nitrogens with zero attached hydrogens (tertiary/aromatic N) is 2. The fourth-order valence-electron chi connectivity index (χ4n) is 1.73. The van der Waals surface area contributed by atoms with Crippen LogP contribution in [0.5, 0.6) is 0 Å². The molecule has 2 rings (SSSR count). The Hall–Kier alpha value is -2.37. The van der Waals surface area contributed by atoms with Crippen LogP contribution in [-0.4, -0.2) is 15.1 Å². The van der Waals surface area contributed by atoms with Crippen molar-refractivity contribution in [2.75, 3.05) is 5.32 Å². The molecule has 0 aliphatic heterocycles. The summed E-state index contributed by atoms with van der Waals surface area (Å²) in [5.41, 5.74) is 2.41. The third kappa shape index (κ3) is 2.48. The lowest BCUT2D eigenvalue weighted by Gasteiger charge is -2.13. The highest BCUT2D eigenvalue weighted by Gasteiger charge is 2.16. The van der Waals surface area contributed by atoms with Gasteiger partial charge in [0.05, 0.1) is 17.2 Å². The molecule has 6 heteroatoms. The van der Waals surface area contributed by atoms with Crippen molar-refractivity contribution in [3.8, 4) is 0 Å². The van der Waals surface area contributed by atoms with E-state index < -0.39 is 0 Å². The topological polar surface area (TPSA) is 83.8 Å². The van der Waals surface area contributed by atoms with Crippen LogP contribution in [0, 0.1) is 17.0 Å².